The number of para-hydroxylation sites is 1. The van der Waals surface area contributed by atoms with Crippen LogP contribution in [0.15, 0.2) is 47.5 Å². The molecule has 38 heavy (non-hydrogen) atoms. The number of carbonyl (C=O) groups is 3. The van der Waals surface area contributed by atoms with E-state index in [1.807, 2.05) is 69.0 Å². The van der Waals surface area contributed by atoms with Gasteiger partial charge < -0.3 is 15.5 Å². The molecule has 0 radical (unpaired) electrons. The fourth-order valence-corrected chi connectivity index (χ4v) is 5.20. The number of benzodiazepines with no additional fused rings is 1. The number of hydrogen-bond donors (Lipinski definition) is 2. The molecule has 202 valence electrons. The molecule has 0 bridgehead atoms. The number of urea groups is 1. The maximum absolute atomic E-state index is 14.0. The van der Waals surface area contributed by atoms with Gasteiger partial charge in [0.2, 0.25) is 12.1 Å². The zero-order valence-corrected chi connectivity index (χ0v) is 22.9. The molecule has 1 fully saturated rings. The van der Waals surface area contributed by atoms with Crippen LogP contribution in [0.5, 0.6) is 0 Å². The maximum Gasteiger partial charge on any atom is 0.321 e. The van der Waals surface area contributed by atoms with Crippen molar-refractivity contribution in [2.24, 2.45) is 10.9 Å². The van der Waals surface area contributed by atoms with E-state index in [4.69, 9.17) is 4.99 Å². The predicted octanol–water partition coefficient (Wildman–Crippen LogP) is 5.04. The number of rotatable bonds is 5. The number of fused-ring (bicyclic) bond motifs is 1. The molecule has 0 saturated carbocycles. The van der Waals surface area contributed by atoms with Crippen molar-refractivity contribution in [2.75, 3.05) is 29.9 Å². The summed E-state index contributed by atoms with van der Waals surface area (Å²) in [6.45, 7) is 9.23. The van der Waals surface area contributed by atoms with Crippen molar-refractivity contribution in [2.45, 2.75) is 66.0 Å². The van der Waals surface area contributed by atoms with Gasteiger partial charge in [-0.15, -0.1) is 0 Å². The number of carbonyl (C=O) groups excluding carboxylic acids is 3. The van der Waals surface area contributed by atoms with E-state index in [2.05, 4.69) is 10.6 Å². The Hall–Kier alpha value is -3.68. The smallest absolute Gasteiger partial charge is 0.321 e. The lowest BCUT2D eigenvalue weighted by Crippen LogP contribution is -2.52. The highest BCUT2D eigenvalue weighted by Crippen LogP contribution is 2.31. The Morgan fingerprint density at radius 3 is 2.37 bits per heavy atom. The van der Waals surface area contributed by atoms with Crippen molar-refractivity contribution >= 4 is 34.9 Å². The van der Waals surface area contributed by atoms with Gasteiger partial charge in [0.05, 0.1) is 5.69 Å². The van der Waals surface area contributed by atoms with Crippen LogP contribution in [-0.2, 0) is 9.59 Å². The predicted molar refractivity (Wildman–Crippen MR) is 152 cm³/mol. The van der Waals surface area contributed by atoms with Crippen LogP contribution in [0, 0.1) is 19.8 Å². The van der Waals surface area contributed by atoms with Crippen molar-refractivity contribution in [3.8, 4) is 0 Å². The van der Waals surface area contributed by atoms with Gasteiger partial charge in [0.1, 0.15) is 6.54 Å². The van der Waals surface area contributed by atoms with E-state index in [1.54, 1.807) is 6.07 Å². The number of benzene rings is 2. The Morgan fingerprint density at radius 2 is 1.68 bits per heavy atom. The Bertz CT molecular complexity index is 1210. The maximum atomic E-state index is 14.0. The van der Waals surface area contributed by atoms with Crippen LogP contribution in [0.4, 0.5) is 16.2 Å². The third-order valence-corrected chi connectivity index (χ3v) is 7.14. The monoisotopic (exact) mass is 517 g/mol. The Balaban J connectivity index is 1.65. The largest absolute Gasteiger partial charge is 0.341 e. The summed E-state index contributed by atoms with van der Waals surface area (Å²) in [6.07, 6.45) is 4.21. The van der Waals surface area contributed by atoms with Crippen LogP contribution < -0.4 is 15.5 Å². The van der Waals surface area contributed by atoms with E-state index < -0.39 is 18.1 Å². The fraction of sp³-hybridized carbons (Fsp3) is 0.467. The molecule has 4 amide bonds. The Kier molecular flexibility index (Phi) is 8.81. The summed E-state index contributed by atoms with van der Waals surface area (Å²) in [7, 11) is 0. The van der Waals surface area contributed by atoms with Gasteiger partial charge >= 0.3 is 6.03 Å². The first kappa shape index (κ1) is 27.4. The van der Waals surface area contributed by atoms with Crippen LogP contribution in [0.2, 0.25) is 0 Å². The molecule has 8 nitrogen and oxygen atoms in total. The fourth-order valence-electron chi connectivity index (χ4n) is 5.20. The minimum absolute atomic E-state index is 0.00232. The standard InChI is InChI=1S/C30H39N5O3/c1-20(2)26-24-15-11-13-22(4)27(24)35(19-25(36)34-16-8-6-5-7-9-17-34)29(37)28(32-26)33-30(38)31-23-14-10-12-21(3)18-23/h10-15,18,20,28H,5-9,16-17,19H2,1-4H3,(H2,31,33,38). The molecular weight excluding hydrogens is 478 g/mol. The number of amides is 4. The highest BCUT2D eigenvalue weighted by molar-refractivity contribution is 6.15. The van der Waals surface area contributed by atoms with Gasteiger partial charge in [-0.3, -0.25) is 19.5 Å². The van der Waals surface area contributed by atoms with Gasteiger partial charge in [-0.25, -0.2) is 4.79 Å². The second-order valence-corrected chi connectivity index (χ2v) is 10.6. The zero-order valence-electron chi connectivity index (χ0n) is 22.9. The summed E-state index contributed by atoms with van der Waals surface area (Å²) in [5.74, 6) is -0.501. The van der Waals surface area contributed by atoms with E-state index in [0.717, 1.165) is 48.1 Å². The first-order valence-electron chi connectivity index (χ1n) is 13.7. The summed E-state index contributed by atoms with van der Waals surface area (Å²) >= 11 is 0. The minimum Gasteiger partial charge on any atom is -0.341 e. The Labute approximate surface area is 225 Å². The number of aliphatic imine (C=N–C) groups is 1. The second kappa shape index (κ2) is 12.2. The third-order valence-electron chi connectivity index (χ3n) is 7.14. The topological polar surface area (TPSA) is 94.1 Å². The summed E-state index contributed by atoms with van der Waals surface area (Å²) in [5.41, 5.74) is 4.74. The lowest BCUT2D eigenvalue weighted by Gasteiger charge is -2.30. The number of nitrogens with one attached hydrogen (secondary N) is 2. The van der Waals surface area contributed by atoms with Gasteiger partial charge in [0.15, 0.2) is 0 Å². The molecule has 2 aromatic rings. The molecule has 0 aromatic heterocycles. The number of aryl methyl sites for hydroxylation is 2. The van der Waals surface area contributed by atoms with E-state index in [9.17, 15) is 14.4 Å². The van der Waals surface area contributed by atoms with Crippen molar-refractivity contribution in [1.82, 2.24) is 10.2 Å². The number of likely N-dealkylation sites (tertiary alicyclic amines) is 1. The van der Waals surface area contributed by atoms with Crippen LogP contribution in [-0.4, -0.2) is 54.3 Å². The van der Waals surface area contributed by atoms with Gasteiger partial charge in [-0.05, 0) is 55.9 Å². The van der Waals surface area contributed by atoms with E-state index in [1.165, 1.54) is 11.3 Å². The lowest BCUT2D eigenvalue weighted by atomic mass is 9.96. The molecule has 2 aromatic carbocycles. The summed E-state index contributed by atoms with van der Waals surface area (Å²) in [6, 6.07) is 12.7. The first-order chi connectivity index (χ1) is 18.2. The zero-order chi connectivity index (χ0) is 27.2. The third kappa shape index (κ3) is 6.41. The summed E-state index contributed by atoms with van der Waals surface area (Å²) in [5, 5.41) is 5.57. The molecule has 8 heteroatoms. The summed E-state index contributed by atoms with van der Waals surface area (Å²) < 4.78 is 0. The summed E-state index contributed by atoms with van der Waals surface area (Å²) in [4.78, 5) is 48.7. The van der Waals surface area contributed by atoms with E-state index in [0.29, 0.717) is 24.5 Å². The van der Waals surface area contributed by atoms with Crippen LogP contribution in [0.3, 0.4) is 0 Å². The molecule has 4 rings (SSSR count). The molecule has 1 atom stereocenters. The van der Waals surface area contributed by atoms with Crippen LogP contribution in [0.1, 0.15) is 62.6 Å². The highest BCUT2D eigenvalue weighted by atomic mass is 16.2. The molecule has 2 heterocycles. The van der Waals surface area contributed by atoms with Gasteiger partial charge in [-0.2, -0.15) is 0 Å². The molecule has 2 aliphatic heterocycles. The SMILES string of the molecule is Cc1cccc(NC(=O)NC2N=C(C(C)C)c3cccc(C)c3N(CC(=O)N3CCCCCCC3)C2=O)c1. The number of nitrogens with zero attached hydrogens (tertiary/aromatic N) is 3. The molecule has 0 aliphatic carbocycles. The van der Waals surface area contributed by atoms with Crippen molar-refractivity contribution in [3.63, 3.8) is 0 Å². The molecule has 2 N–H and O–H groups in total. The number of hydrogen-bond acceptors (Lipinski definition) is 4. The van der Waals surface area contributed by atoms with Gasteiger partial charge in [0.25, 0.3) is 5.91 Å². The van der Waals surface area contributed by atoms with Gasteiger partial charge in [-0.1, -0.05) is 63.4 Å². The lowest BCUT2D eigenvalue weighted by molar-refractivity contribution is -0.132. The van der Waals surface area contributed by atoms with Crippen molar-refractivity contribution in [3.05, 3.63) is 59.2 Å². The van der Waals surface area contributed by atoms with E-state index in [-0.39, 0.29) is 18.4 Å². The minimum atomic E-state index is -1.16. The number of anilines is 2. The average molecular weight is 518 g/mol. The first-order valence-corrected chi connectivity index (χ1v) is 13.7. The normalized spacial score (nSPS) is 18.2. The van der Waals surface area contributed by atoms with E-state index >= 15 is 0 Å². The molecular formula is C30H39N5O3. The highest BCUT2D eigenvalue weighted by Gasteiger charge is 2.36. The quantitative estimate of drug-likeness (QED) is 0.582. The molecule has 1 unspecified atom stereocenters. The average Bonchev–Trinajstić information content (AvgIpc) is 2.95. The van der Waals surface area contributed by atoms with Crippen LogP contribution >= 0.6 is 0 Å². The van der Waals surface area contributed by atoms with Crippen molar-refractivity contribution in [1.29, 1.82) is 0 Å². The van der Waals surface area contributed by atoms with Gasteiger partial charge in [0, 0.05) is 30.1 Å². The molecule has 2 aliphatic rings. The van der Waals surface area contributed by atoms with Crippen molar-refractivity contribution < 1.29 is 14.4 Å². The second-order valence-electron chi connectivity index (χ2n) is 10.6. The molecule has 1 saturated heterocycles. The molecule has 0 spiro atoms. The Morgan fingerprint density at radius 1 is 1.00 bits per heavy atom. The van der Waals surface area contributed by atoms with Crippen LogP contribution in [0.25, 0.3) is 0 Å².